The number of amides is 1. The summed E-state index contributed by atoms with van der Waals surface area (Å²) >= 11 is 0. The van der Waals surface area contributed by atoms with Crippen molar-refractivity contribution in [3.05, 3.63) is 108 Å². The molecule has 0 bridgehead atoms. The van der Waals surface area contributed by atoms with Crippen LogP contribution in [0.4, 0.5) is 8.78 Å². The maximum atomic E-state index is 12.8. The number of H-pyrrole nitrogens is 1. The zero-order chi connectivity index (χ0) is 24.9. The summed E-state index contributed by atoms with van der Waals surface area (Å²) in [6.07, 6.45) is 1.90. The van der Waals surface area contributed by atoms with Gasteiger partial charge in [0.05, 0.1) is 17.1 Å². The average molecular weight is 485 g/mol. The van der Waals surface area contributed by atoms with E-state index in [1.54, 1.807) is 22.9 Å². The van der Waals surface area contributed by atoms with E-state index in [0.717, 1.165) is 22.5 Å². The summed E-state index contributed by atoms with van der Waals surface area (Å²) in [5.41, 5.74) is 4.92. The number of nitrogens with zero attached hydrogens (tertiary/aromatic N) is 3. The molecule has 0 aliphatic rings. The number of hydrogen-bond acceptors (Lipinski definition) is 4. The molecule has 180 valence electrons. The van der Waals surface area contributed by atoms with E-state index in [-0.39, 0.29) is 23.9 Å². The Labute approximate surface area is 205 Å². The molecule has 0 spiro atoms. The fraction of sp³-hybridized carbons (Fsp3) is 0.0741. The number of para-hydroxylation sites is 1. The van der Waals surface area contributed by atoms with Crippen LogP contribution in [0, 0.1) is 0 Å². The Bertz CT molecular complexity index is 1450. The Morgan fingerprint density at radius 1 is 0.944 bits per heavy atom. The van der Waals surface area contributed by atoms with Crippen molar-refractivity contribution in [1.82, 2.24) is 25.3 Å². The summed E-state index contributed by atoms with van der Waals surface area (Å²) in [5.74, 6) is -0.287. The van der Waals surface area contributed by atoms with Gasteiger partial charge in [0.1, 0.15) is 11.4 Å². The smallest absolute Gasteiger partial charge is 0.387 e. The Morgan fingerprint density at radius 3 is 2.33 bits per heavy atom. The second-order valence-electron chi connectivity index (χ2n) is 7.90. The Balaban J connectivity index is 1.32. The van der Waals surface area contributed by atoms with Crippen LogP contribution < -0.4 is 10.1 Å². The lowest BCUT2D eigenvalue weighted by atomic mass is 10.1. The highest BCUT2D eigenvalue weighted by Crippen LogP contribution is 2.25. The lowest BCUT2D eigenvalue weighted by Crippen LogP contribution is -2.23. The van der Waals surface area contributed by atoms with Gasteiger partial charge in [0.2, 0.25) is 0 Å². The largest absolute Gasteiger partial charge is 0.435 e. The lowest BCUT2D eigenvalue weighted by Gasteiger charge is -2.04. The fourth-order valence-electron chi connectivity index (χ4n) is 3.75. The summed E-state index contributed by atoms with van der Waals surface area (Å²) in [7, 11) is 0. The molecule has 2 N–H and O–H groups in total. The van der Waals surface area contributed by atoms with Gasteiger partial charge in [-0.15, -0.1) is 0 Å². The molecule has 2 heterocycles. The zero-order valence-electron chi connectivity index (χ0n) is 18.9. The second kappa shape index (κ2) is 10.2. The van der Waals surface area contributed by atoms with E-state index in [0.29, 0.717) is 11.3 Å². The third kappa shape index (κ3) is 5.15. The fourth-order valence-corrected chi connectivity index (χ4v) is 3.75. The van der Waals surface area contributed by atoms with Gasteiger partial charge >= 0.3 is 6.61 Å². The van der Waals surface area contributed by atoms with E-state index < -0.39 is 6.61 Å². The molecule has 36 heavy (non-hydrogen) atoms. The predicted octanol–water partition coefficient (Wildman–Crippen LogP) is 5.46. The molecule has 9 heteroatoms. The van der Waals surface area contributed by atoms with Crippen molar-refractivity contribution in [3.8, 4) is 34.0 Å². The van der Waals surface area contributed by atoms with Gasteiger partial charge in [-0.2, -0.15) is 19.0 Å². The highest BCUT2D eigenvalue weighted by Gasteiger charge is 2.16. The molecule has 0 fully saturated rings. The van der Waals surface area contributed by atoms with Gasteiger partial charge in [-0.1, -0.05) is 48.5 Å². The molecule has 0 saturated carbocycles. The highest BCUT2D eigenvalue weighted by atomic mass is 19.3. The van der Waals surface area contributed by atoms with Gasteiger partial charge in [0.15, 0.2) is 0 Å². The van der Waals surface area contributed by atoms with Crippen molar-refractivity contribution < 1.29 is 18.3 Å². The minimum Gasteiger partial charge on any atom is -0.435 e. The van der Waals surface area contributed by atoms with Crippen molar-refractivity contribution >= 4 is 5.91 Å². The molecule has 3 aromatic carbocycles. The summed E-state index contributed by atoms with van der Waals surface area (Å²) in [6, 6.07) is 27.2. The predicted molar refractivity (Wildman–Crippen MR) is 131 cm³/mol. The van der Waals surface area contributed by atoms with Crippen molar-refractivity contribution in [1.29, 1.82) is 0 Å². The highest BCUT2D eigenvalue weighted by molar-refractivity contribution is 5.93. The van der Waals surface area contributed by atoms with Crippen LogP contribution in [0.2, 0.25) is 0 Å². The van der Waals surface area contributed by atoms with Crippen LogP contribution in [0.5, 0.6) is 5.75 Å². The second-order valence-corrected chi connectivity index (χ2v) is 7.90. The maximum Gasteiger partial charge on any atom is 0.387 e. The molecule has 0 aliphatic heterocycles. The first-order valence-corrected chi connectivity index (χ1v) is 11.1. The molecule has 0 atom stereocenters. The van der Waals surface area contributed by atoms with Gasteiger partial charge in [-0.25, -0.2) is 4.68 Å². The molecule has 1 amide bonds. The molecule has 0 unspecified atom stereocenters. The van der Waals surface area contributed by atoms with Crippen LogP contribution in [-0.4, -0.2) is 32.5 Å². The van der Waals surface area contributed by atoms with Gasteiger partial charge < -0.3 is 10.1 Å². The first-order valence-electron chi connectivity index (χ1n) is 11.1. The number of alkyl halides is 2. The standard InChI is InChI=1S/C27H21F2N5O2/c28-27(29)36-22-13-11-18(12-14-22)23-15-24(32-31-23)26(35)30-16-20-17-34(21-9-5-2-6-10-21)33-25(20)19-7-3-1-4-8-19/h1-15,17,27H,16H2,(H,30,35)(H,31,32). The summed E-state index contributed by atoms with van der Waals surface area (Å²) in [5, 5.41) is 14.6. The van der Waals surface area contributed by atoms with E-state index in [9.17, 15) is 13.6 Å². The van der Waals surface area contributed by atoms with Crippen LogP contribution >= 0.6 is 0 Å². The molecule has 5 aromatic rings. The normalized spacial score (nSPS) is 11.0. The third-order valence-corrected chi connectivity index (χ3v) is 5.50. The van der Waals surface area contributed by atoms with Gasteiger partial charge in [0.25, 0.3) is 5.91 Å². The number of nitrogens with one attached hydrogen (secondary N) is 2. The van der Waals surface area contributed by atoms with Gasteiger partial charge in [0, 0.05) is 29.4 Å². The first kappa shape index (κ1) is 23.0. The third-order valence-electron chi connectivity index (χ3n) is 5.50. The number of halogens is 2. The zero-order valence-corrected chi connectivity index (χ0v) is 18.9. The summed E-state index contributed by atoms with van der Waals surface area (Å²) < 4.78 is 30.9. The number of aromatic nitrogens is 4. The Morgan fingerprint density at radius 2 is 1.64 bits per heavy atom. The summed E-state index contributed by atoms with van der Waals surface area (Å²) in [6.45, 7) is -2.64. The SMILES string of the molecule is O=C(NCc1cn(-c2ccccc2)nc1-c1ccccc1)c1cc(-c2ccc(OC(F)F)cc2)n[nH]1. The van der Waals surface area contributed by atoms with Crippen LogP contribution in [0.1, 0.15) is 16.1 Å². The molecular weight excluding hydrogens is 464 g/mol. The van der Waals surface area contributed by atoms with E-state index in [1.807, 2.05) is 66.9 Å². The number of rotatable bonds is 8. The first-order chi connectivity index (χ1) is 17.6. The van der Waals surface area contributed by atoms with Gasteiger partial charge in [-0.05, 0) is 42.5 Å². The topological polar surface area (TPSA) is 84.8 Å². The van der Waals surface area contributed by atoms with Crippen molar-refractivity contribution in [3.63, 3.8) is 0 Å². The number of hydrogen-bond donors (Lipinski definition) is 2. The van der Waals surface area contributed by atoms with E-state index in [4.69, 9.17) is 5.10 Å². The average Bonchev–Trinajstić information content (AvgIpc) is 3.57. The maximum absolute atomic E-state index is 12.8. The van der Waals surface area contributed by atoms with Crippen LogP contribution in [0.25, 0.3) is 28.2 Å². The van der Waals surface area contributed by atoms with Crippen molar-refractivity contribution in [2.24, 2.45) is 0 Å². The Hall–Kier alpha value is -4.79. The quantitative estimate of drug-likeness (QED) is 0.306. The molecule has 7 nitrogen and oxygen atoms in total. The minimum atomic E-state index is -2.89. The number of ether oxygens (including phenoxy) is 1. The van der Waals surface area contributed by atoms with E-state index >= 15 is 0 Å². The number of carbonyl (C=O) groups excluding carboxylic acids is 1. The van der Waals surface area contributed by atoms with Crippen LogP contribution in [0.15, 0.2) is 97.2 Å². The van der Waals surface area contributed by atoms with Crippen LogP contribution in [-0.2, 0) is 6.54 Å². The molecule has 0 aliphatic carbocycles. The van der Waals surface area contributed by atoms with Gasteiger partial charge in [-0.3, -0.25) is 9.89 Å². The molecule has 5 rings (SSSR count). The van der Waals surface area contributed by atoms with Crippen molar-refractivity contribution in [2.45, 2.75) is 13.2 Å². The Kier molecular flexibility index (Phi) is 6.53. The lowest BCUT2D eigenvalue weighted by molar-refractivity contribution is -0.0498. The van der Waals surface area contributed by atoms with E-state index in [2.05, 4.69) is 20.3 Å². The number of carbonyl (C=O) groups is 1. The van der Waals surface area contributed by atoms with E-state index in [1.165, 1.54) is 12.1 Å². The molecular formula is C27H21F2N5O2. The number of benzene rings is 3. The molecule has 2 aromatic heterocycles. The molecule has 0 radical (unpaired) electrons. The van der Waals surface area contributed by atoms with Crippen LogP contribution in [0.3, 0.4) is 0 Å². The number of aromatic amines is 1. The van der Waals surface area contributed by atoms with Crippen molar-refractivity contribution in [2.75, 3.05) is 0 Å². The monoisotopic (exact) mass is 485 g/mol. The minimum absolute atomic E-state index is 0.0486. The summed E-state index contributed by atoms with van der Waals surface area (Å²) in [4.78, 5) is 12.8. The molecule has 0 saturated heterocycles.